The maximum absolute atomic E-state index is 4.31. The second-order valence-electron chi connectivity index (χ2n) is 3.78. The van der Waals surface area contributed by atoms with E-state index in [1.807, 2.05) is 30.4 Å². The summed E-state index contributed by atoms with van der Waals surface area (Å²) in [6, 6.07) is 2.13. The summed E-state index contributed by atoms with van der Waals surface area (Å²) in [5.74, 6) is 1.27. The molecule has 0 bridgehead atoms. The Labute approximate surface area is 96.6 Å². The van der Waals surface area contributed by atoms with Gasteiger partial charge in [-0.3, -0.25) is 4.68 Å². The summed E-state index contributed by atoms with van der Waals surface area (Å²) in [5.41, 5.74) is 2.36. The summed E-state index contributed by atoms with van der Waals surface area (Å²) in [4.78, 5) is 0. The second-order valence-corrected chi connectivity index (χ2v) is 4.76. The van der Waals surface area contributed by atoms with Crippen molar-refractivity contribution in [3.05, 3.63) is 17.5 Å². The average Bonchev–Trinajstić information content (AvgIpc) is 2.51. The molecule has 0 fully saturated rings. The first-order valence-electron chi connectivity index (χ1n) is 5.43. The zero-order valence-electron chi connectivity index (χ0n) is 9.92. The topological polar surface area (TPSA) is 29.9 Å². The normalized spacial score (nSPS) is 10.9. The zero-order valence-corrected chi connectivity index (χ0v) is 10.7. The molecule has 0 saturated carbocycles. The van der Waals surface area contributed by atoms with Crippen molar-refractivity contribution < 1.29 is 0 Å². The van der Waals surface area contributed by atoms with Crippen LogP contribution in [0.1, 0.15) is 24.2 Å². The van der Waals surface area contributed by atoms with Crippen LogP contribution in [0.2, 0.25) is 0 Å². The van der Waals surface area contributed by atoms with Crippen LogP contribution in [0.4, 0.5) is 0 Å². The molecule has 1 N–H and O–H groups in total. The molecular formula is C11H21N3S. The van der Waals surface area contributed by atoms with Gasteiger partial charge >= 0.3 is 0 Å². The molecular weight excluding hydrogens is 206 g/mol. The fraction of sp³-hybridized carbons (Fsp3) is 0.727. The summed E-state index contributed by atoms with van der Waals surface area (Å²) in [5, 5.41) is 7.76. The van der Waals surface area contributed by atoms with Crippen LogP contribution in [0.3, 0.4) is 0 Å². The predicted octanol–water partition coefficient (Wildman–Crippen LogP) is 1.96. The van der Waals surface area contributed by atoms with Gasteiger partial charge in [-0.15, -0.1) is 0 Å². The number of thioether (sulfide) groups is 1. The second kappa shape index (κ2) is 6.90. The average molecular weight is 227 g/mol. The van der Waals surface area contributed by atoms with E-state index >= 15 is 0 Å². The smallest absolute Gasteiger partial charge is 0.0597 e. The van der Waals surface area contributed by atoms with E-state index in [4.69, 9.17) is 0 Å². The molecule has 0 amide bonds. The highest BCUT2D eigenvalue weighted by atomic mass is 32.2. The molecule has 0 aliphatic heterocycles. The van der Waals surface area contributed by atoms with E-state index in [2.05, 4.69) is 22.7 Å². The van der Waals surface area contributed by atoms with Crippen molar-refractivity contribution in [1.29, 1.82) is 0 Å². The third-order valence-electron chi connectivity index (χ3n) is 2.36. The van der Waals surface area contributed by atoms with Gasteiger partial charge in [-0.2, -0.15) is 16.9 Å². The number of aromatic nitrogens is 2. The van der Waals surface area contributed by atoms with Gasteiger partial charge < -0.3 is 5.32 Å². The van der Waals surface area contributed by atoms with Gasteiger partial charge in [-0.1, -0.05) is 0 Å². The van der Waals surface area contributed by atoms with Crippen molar-refractivity contribution in [1.82, 2.24) is 15.1 Å². The van der Waals surface area contributed by atoms with Crippen molar-refractivity contribution >= 4 is 11.8 Å². The Hall–Kier alpha value is -0.480. The van der Waals surface area contributed by atoms with Crippen molar-refractivity contribution in [2.75, 3.05) is 18.6 Å². The summed E-state index contributed by atoms with van der Waals surface area (Å²) < 4.78 is 1.95. The fourth-order valence-electron chi connectivity index (χ4n) is 1.54. The monoisotopic (exact) mass is 227 g/mol. The van der Waals surface area contributed by atoms with E-state index in [1.54, 1.807) is 0 Å². The number of aryl methyl sites for hydroxylation is 2. The van der Waals surface area contributed by atoms with Crippen LogP contribution in [-0.4, -0.2) is 28.3 Å². The highest BCUT2D eigenvalue weighted by molar-refractivity contribution is 7.98. The first-order valence-corrected chi connectivity index (χ1v) is 6.82. The molecule has 86 valence electrons. The van der Waals surface area contributed by atoms with E-state index in [0.717, 1.165) is 18.8 Å². The van der Waals surface area contributed by atoms with Gasteiger partial charge in [0.15, 0.2) is 0 Å². The Balaban J connectivity index is 2.12. The molecule has 0 atom stereocenters. The van der Waals surface area contributed by atoms with E-state index in [-0.39, 0.29) is 0 Å². The molecule has 1 aromatic heterocycles. The van der Waals surface area contributed by atoms with Gasteiger partial charge in [0.2, 0.25) is 0 Å². The van der Waals surface area contributed by atoms with Crippen molar-refractivity contribution in [3.63, 3.8) is 0 Å². The van der Waals surface area contributed by atoms with Crippen LogP contribution in [0, 0.1) is 6.92 Å². The molecule has 1 heterocycles. The maximum atomic E-state index is 4.31. The van der Waals surface area contributed by atoms with Gasteiger partial charge in [0.05, 0.1) is 11.4 Å². The van der Waals surface area contributed by atoms with Crippen molar-refractivity contribution in [2.24, 2.45) is 7.05 Å². The quantitative estimate of drug-likeness (QED) is 0.722. The van der Waals surface area contributed by atoms with Crippen LogP contribution in [-0.2, 0) is 13.6 Å². The number of hydrogen-bond donors (Lipinski definition) is 1. The molecule has 0 aliphatic carbocycles. The van der Waals surface area contributed by atoms with E-state index in [9.17, 15) is 0 Å². The molecule has 3 nitrogen and oxygen atoms in total. The Morgan fingerprint density at radius 3 is 2.87 bits per heavy atom. The van der Waals surface area contributed by atoms with Gasteiger partial charge in [-0.05, 0) is 44.4 Å². The SMILES string of the molecule is CSCCCCNCc1cc(C)nn1C. The largest absolute Gasteiger partial charge is 0.311 e. The van der Waals surface area contributed by atoms with Crippen LogP contribution >= 0.6 is 11.8 Å². The van der Waals surface area contributed by atoms with Gasteiger partial charge in [-0.25, -0.2) is 0 Å². The third-order valence-corrected chi connectivity index (χ3v) is 3.05. The van der Waals surface area contributed by atoms with Crippen molar-refractivity contribution in [2.45, 2.75) is 26.3 Å². The summed E-state index contributed by atoms with van der Waals surface area (Å²) >= 11 is 1.92. The van der Waals surface area contributed by atoms with Crippen molar-refractivity contribution in [3.8, 4) is 0 Å². The fourth-order valence-corrected chi connectivity index (χ4v) is 2.04. The predicted molar refractivity (Wildman–Crippen MR) is 67.3 cm³/mol. The van der Waals surface area contributed by atoms with E-state index < -0.39 is 0 Å². The Bertz CT molecular complexity index is 283. The van der Waals surface area contributed by atoms with Gasteiger partial charge in [0.1, 0.15) is 0 Å². The van der Waals surface area contributed by atoms with Crippen LogP contribution in [0.15, 0.2) is 6.07 Å². The molecule has 0 unspecified atom stereocenters. The zero-order chi connectivity index (χ0) is 11.1. The number of nitrogens with zero attached hydrogens (tertiary/aromatic N) is 2. The van der Waals surface area contributed by atoms with Crippen LogP contribution in [0.25, 0.3) is 0 Å². The lowest BCUT2D eigenvalue weighted by Crippen LogP contribution is -2.17. The molecule has 0 aliphatic rings. The van der Waals surface area contributed by atoms with E-state index in [0.29, 0.717) is 0 Å². The molecule has 15 heavy (non-hydrogen) atoms. The molecule has 0 saturated heterocycles. The standard InChI is InChI=1S/C11H21N3S/c1-10-8-11(14(2)13-10)9-12-6-4-5-7-15-3/h8,12H,4-7,9H2,1-3H3. The first-order chi connectivity index (χ1) is 7.24. The lowest BCUT2D eigenvalue weighted by molar-refractivity contribution is 0.603. The van der Waals surface area contributed by atoms with E-state index in [1.165, 1.54) is 24.3 Å². The Morgan fingerprint density at radius 2 is 2.27 bits per heavy atom. The van der Waals surface area contributed by atoms with Gasteiger partial charge in [0, 0.05) is 13.6 Å². The molecule has 0 aromatic carbocycles. The number of rotatable bonds is 7. The Morgan fingerprint density at radius 1 is 1.47 bits per heavy atom. The summed E-state index contributed by atoms with van der Waals surface area (Å²) in [6.45, 7) is 4.06. The minimum atomic E-state index is 0.927. The summed E-state index contributed by atoms with van der Waals surface area (Å²) in [6.07, 6.45) is 4.72. The minimum absolute atomic E-state index is 0.927. The minimum Gasteiger partial charge on any atom is -0.311 e. The number of nitrogens with one attached hydrogen (secondary N) is 1. The maximum Gasteiger partial charge on any atom is 0.0597 e. The van der Waals surface area contributed by atoms with Crippen LogP contribution < -0.4 is 5.32 Å². The Kier molecular flexibility index (Phi) is 5.79. The number of hydrogen-bond acceptors (Lipinski definition) is 3. The highest BCUT2D eigenvalue weighted by Gasteiger charge is 2.00. The molecule has 4 heteroatoms. The van der Waals surface area contributed by atoms with Gasteiger partial charge in [0.25, 0.3) is 0 Å². The lowest BCUT2D eigenvalue weighted by Gasteiger charge is -2.04. The molecule has 0 spiro atoms. The molecule has 0 radical (unpaired) electrons. The number of unbranched alkanes of at least 4 members (excludes halogenated alkanes) is 1. The highest BCUT2D eigenvalue weighted by Crippen LogP contribution is 2.01. The first kappa shape index (κ1) is 12.6. The molecule has 1 rings (SSSR count). The third kappa shape index (κ3) is 4.71. The molecule has 1 aromatic rings. The lowest BCUT2D eigenvalue weighted by atomic mass is 10.3. The summed E-state index contributed by atoms with van der Waals surface area (Å²) in [7, 11) is 2.00. The van der Waals surface area contributed by atoms with Crippen LogP contribution in [0.5, 0.6) is 0 Å².